The van der Waals surface area contributed by atoms with Crippen LogP contribution in [0.3, 0.4) is 0 Å². The second-order valence-corrected chi connectivity index (χ2v) is 42.5. The predicted molar refractivity (Wildman–Crippen MR) is 547 cm³/mol. The minimum atomic E-state index is -5.76. The Morgan fingerprint density at radius 3 is 0.842 bits per heavy atom. The van der Waals surface area contributed by atoms with Crippen LogP contribution < -0.4 is 10.6 Å². The number of carbonyl (C=O) groups is 2. The van der Waals surface area contributed by atoms with Crippen molar-refractivity contribution in [2.24, 2.45) is 5.92 Å². The average Bonchev–Trinajstić information content (AvgIpc) is 0.766. The van der Waals surface area contributed by atoms with Gasteiger partial charge in [0.1, 0.15) is 97.5 Å². The van der Waals surface area contributed by atoms with Crippen LogP contribution in [0.15, 0.2) is 175 Å². The molecule has 31 heteroatoms. The van der Waals surface area contributed by atoms with Gasteiger partial charge in [-0.3, -0.25) is 18.6 Å². The van der Waals surface area contributed by atoms with Crippen LogP contribution in [0.5, 0.6) is 0 Å². The second-order valence-electron chi connectivity index (χ2n) is 39.5. The monoisotopic (exact) mass is 2000 g/mol. The first-order valence-electron chi connectivity index (χ1n) is 50.6. The van der Waals surface area contributed by atoms with E-state index in [9.17, 15) is 84.7 Å². The molecular weight excluding hydrogens is 1820 g/mol. The molecule has 0 aromatic carbocycles. The number of amides is 2. The van der Waals surface area contributed by atoms with Crippen molar-refractivity contribution < 1.29 is 131 Å². The number of phosphoric ester groups is 2. The molecule has 29 nitrogen and oxygen atoms in total. The van der Waals surface area contributed by atoms with Crippen LogP contribution >= 0.6 is 15.6 Å². The summed E-state index contributed by atoms with van der Waals surface area (Å²) in [5.41, 5.74) is 21.8. The molecule has 0 radical (unpaired) electrons. The Labute approximate surface area is 831 Å². The number of aliphatic hydroxyl groups is 11. The zero-order valence-electron chi connectivity index (χ0n) is 87.2. The van der Waals surface area contributed by atoms with Gasteiger partial charge in [-0.25, -0.2) is 9.13 Å². The van der Waals surface area contributed by atoms with E-state index in [-0.39, 0.29) is 18.9 Å². The lowest BCUT2D eigenvalue weighted by atomic mass is 9.94. The van der Waals surface area contributed by atoms with Gasteiger partial charge in [-0.05, 0) is 316 Å². The van der Waals surface area contributed by atoms with E-state index in [1.807, 2.05) is 6.92 Å². The fraction of sp³-hybridized carbons (Fsp3) is 0.704. The van der Waals surface area contributed by atoms with Crippen molar-refractivity contribution in [3.05, 3.63) is 175 Å². The van der Waals surface area contributed by atoms with Crippen molar-refractivity contribution in [2.45, 2.75) is 453 Å². The quantitative estimate of drug-likeness (QED) is 0.0199. The molecule has 0 bridgehead atoms. The SMILES string of the molecule is CC(=O)NC1C(OC2C(CO)OC(OP(=O)(O)OP(=O)(O)OCCC(C)CCC=C(C)CCC=C(C)CCC=C(C)CCC=C(C)CCC=C(C)CCC=C(C)CCC=C(C)CCC=C(C)CCC=C(C)CCC=C(C)CCC=C(C)CCC=C(C)CCC=C(C)CCC=C(C)CCC=C(C)C)C(NC(C)=O)C2O)OC(CO)C(OC2OC(CO)C(O)C(OC3OC(CO)C(O)C(O)C3O)C2O)C1O. The molecule has 4 fully saturated rings. The number of nitrogens with one attached hydrogen (secondary N) is 2. The van der Waals surface area contributed by atoms with Crippen LogP contribution in [-0.2, 0) is 65.2 Å². The smallest absolute Gasteiger partial charge is 0.394 e. The number of hydrogen-bond acceptors (Lipinski definition) is 25. The summed E-state index contributed by atoms with van der Waals surface area (Å²) in [7, 11) is -11.2. The highest BCUT2D eigenvalue weighted by molar-refractivity contribution is 7.61. The number of allylic oxidation sites excluding steroid dienone is 30. The van der Waals surface area contributed by atoms with Gasteiger partial charge < -0.3 is 110 Å². The fourth-order valence-corrected chi connectivity index (χ4v) is 19.1. The molecule has 0 aliphatic carbocycles. The molecule has 23 unspecified atom stereocenters. The first kappa shape index (κ1) is 126. The number of rotatable bonds is 65. The van der Waals surface area contributed by atoms with Crippen LogP contribution in [0.2, 0.25) is 0 Å². The van der Waals surface area contributed by atoms with Gasteiger partial charge in [0, 0.05) is 13.8 Å². The third-order valence-corrected chi connectivity index (χ3v) is 28.6. The Morgan fingerprint density at radius 2 is 0.547 bits per heavy atom. The summed E-state index contributed by atoms with van der Waals surface area (Å²) in [5, 5.41) is 123. The molecule has 0 spiro atoms. The van der Waals surface area contributed by atoms with E-state index in [1.165, 1.54) is 90.0 Å². The second kappa shape index (κ2) is 68.1. The molecule has 794 valence electrons. The highest BCUT2D eigenvalue weighted by Crippen LogP contribution is 2.61. The van der Waals surface area contributed by atoms with Crippen molar-refractivity contribution >= 4 is 27.5 Å². The van der Waals surface area contributed by atoms with Crippen molar-refractivity contribution in [1.82, 2.24) is 10.6 Å². The zero-order valence-corrected chi connectivity index (χ0v) is 89.0. The Balaban J connectivity index is 1.08. The van der Waals surface area contributed by atoms with Gasteiger partial charge in [-0.15, -0.1) is 0 Å². The van der Waals surface area contributed by atoms with Gasteiger partial charge in [0.25, 0.3) is 0 Å². The highest BCUT2D eigenvalue weighted by Gasteiger charge is 2.57. The summed E-state index contributed by atoms with van der Waals surface area (Å²) in [4.78, 5) is 46.8. The largest absolute Gasteiger partial charge is 0.483 e. The van der Waals surface area contributed by atoms with Crippen molar-refractivity contribution in [1.29, 1.82) is 0 Å². The number of phosphoric acid groups is 2. The van der Waals surface area contributed by atoms with E-state index < -0.39 is 177 Å². The minimum Gasteiger partial charge on any atom is -0.394 e. The van der Waals surface area contributed by atoms with Crippen LogP contribution in [0.4, 0.5) is 0 Å². The van der Waals surface area contributed by atoms with Gasteiger partial charge in [-0.1, -0.05) is 182 Å². The summed E-state index contributed by atoms with van der Waals surface area (Å²) in [6.45, 7) is 35.5. The summed E-state index contributed by atoms with van der Waals surface area (Å²) in [6, 6.07) is -3.71. The molecule has 23 atom stereocenters. The third kappa shape index (κ3) is 51.0. The molecule has 139 heavy (non-hydrogen) atoms. The topological polar surface area (TPSA) is 448 Å². The van der Waals surface area contributed by atoms with E-state index in [0.717, 1.165) is 194 Å². The van der Waals surface area contributed by atoms with Crippen molar-refractivity contribution in [2.75, 3.05) is 33.0 Å². The standard InChI is InChI=1S/C108H180N2O27P2/c1-71(2)35-20-36-72(3)37-21-38-73(4)39-22-40-74(5)41-23-42-75(6)43-24-44-76(7)45-25-46-77(8)47-26-48-78(9)49-27-50-79(10)51-28-52-80(11)53-29-54-81(12)55-30-56-82(13)57-31-58-83(14)59-32-60-84(15)61-33-62-85(16)63-34-64-86(17)65-66-128-138(124,125)137-139(126,127)136-106-94(110-88(19)116)98(120)102(92(70-114)132-106)133-105-93(109-87(18)115)97(119)103(91(69-113)131-105)134-108-101(123)104(96(118)90(68-112)130-108)135-107-100(122)99(121)95(117)89(67-111)129-107/h35,37,39,41,43,45,47,49,51,53,55,57,59,61,63,86,89-108,111-114,117-123H,20-34,36,38,40,42,44,46,48,50,52,54,56,58,60,62,64-70H2,1-19H3,(H,109,115)(H,110,116)(H,124,125)(H,126,127). The number of ether oxygens (including phenoxy) is 7. The maximum absolute atomic E-state index is 13.5. The molecule has 0 saturated carbocycles. The van der Waals surface area contributed by atoms with Gasteiger partial charge >= 0.3 is 15.6 Å². The van der Waals surface area contributed by atoms with E-state index in [4.69, 9.17) is 42.2 Å². The molecular formula is C108H180N2O27P2. The minimum absolute atomic E-state index is 0.0295. The van der Waals surface area contributed by atoms with E-state index >= 15 is 0 Å². The molecule has 2 amide bonds. The predicted octanol–water partition coefficient (Wildman–Crippen LogP) is 18.7. The zero-order chi connectivity index (χ0) is 103. The lowest BCUT2D eigenvalue weighted by Crippen LogP contribution is -2.70. The molecule has 4 rings (SSSR count). The third-order valence-electron chi connectivity index (χ3n) is 26.0. The summed E-state index contributed by atoms with van der Waals surface area (Å²) >= 11 is 0. The molecule has 15 N–H and O–H groups in total. The van der Waals surface area contributed by atoms with E-state index in [1.54, 1.807) is 0 Å². The average molecular weight is 2000 g/mol. The molecule has 4 heterocycles. The van der Waals surface area contributed by atoms with Gasteiger partial charge in [0.2, 0.25) is 11.8 Å². The summed E-state index contributed by atoms with van der Waals surface area (Å²) in [5.74, 6) is -1.77. The van der Waals surface area contributed by atoms with E-state index in [0.29, 0.717) is 6.42 Å². The lowest BCUT2D eigenvalue weighted by Gasteiger charge is -2.50. The molecule has 0 aromatic rings. The first-order valence-corrected chi connectivity index (χ1v) is 53.6. The van der Waals surface area contributed by atoms with Crippen molar-refractivity contribution in [3.63, 3.8) is 0 Å². The Kier molecular flexibility index (Phi) is 61.7. The maximum atomic E-state index is 13.5. The van der Waals surface area contributed by atoms with Gasteiger partial charge in [0.05, 0.1) is 33.0 Å². The maximum Gasteiger partial charge on any atom is 0.483 e. The Morgan fingerprint density at radius 1 is 0.295 bits per heavy atom. The summed E-state index contributed by atoms with van der Waals surface area (Å²) < 4.78 is 81.6. The van der Waals surface area contributed by atoms with Crippen LogP contribution in [0.25, 0.3) is 0 Å². The normalized spacial score (nSPS) is 28.2. The number of hydrogen-bond donors (Lipinski definition) is 15. The molecule has 4 aliphatic rings. The Hall–Kier alpha value is -5.42. The van der Waals surface area contributed by atoms with Crippen LogP contribution in [0, 0.1) is 5.92 Å². The Bertz CT molecular complexity index is 4240. The van der Waals surface area contributed by atoms with Gasteiger partial charge in [-0.2, -0.15) is 4.31 Å². The first-order chi connectivity index (χ1) is 65.8. The van der Waals surface area contributed by atoms with E-state index in [2.05, 4.69) is 217 Å². The summed E-state index contributed by atoms with van der Waals surface area (Å²) in [6.07, 6.45) is 33.7. The van der Waals surface area contributed by atoms with Crippen LogP contribution in [-0.4, -0.2) is 234 Å². The fourth-order valence-electron chi connectivity index (χ4n) is 17.0. The molecule has 4 aliphatic heterocycles. The number of aliphatic hydroxyl groups excluding tert-OH is 11. The molecule has 4 saturated heterocycles. The van der Waals surface area contributed by atoms with Crippen molar-refractivity contribution in [3.8, 4) is 0 Å². The number of carbonyl (C=O) groups excluding carboxylic acids is 2. The lowest BCUT2D eigenvalue weighted by molar-refractivity contribution is -0.379. The molecule has 0 aromatic heterocycles. The highest BCUT2D eigenvalue weighted by atomic mass is 31.3. The van der Waals surface area contributed by atoms with Gasteiger partial charge in [0.15, 0.2) is 25.2 Å². The van der Waals surface area contributed by atoms with Crippen LogP contribution in [0.1, 0.15) is 331 Å².